The Bertz CT molecular complexity index is 625. The molecule has 2 aromatic rings. The van der Waals surface area contributed by atoms with E-state index in [0.29, 0.717) is 12.1 Å². The SMILES string of the molecule is CCN(CC)CCCNC(=O)c1no[n+]([O-])c1-c1cccnc1. The second-order valence-corrected chi connectivity index (χ2v) is 5.01. The molecule has 0 radical (unpaired) electrons. The van der Waals surface area contributed by atoms with E-state index in [1.807, 2.05) is 0 Å². The minimum atomic E-state index is -0.429. The summed E-state index contributed by atoms with van der Waals surface area (Å²) < 4.78 is 4.56. The molecule has 0 saturated carbocycles. The predicted octanol–water partition coefficient (Wildman–Crippen LogP) is 0.832. The molecule has 0 spiro atoms. The molecule has 0 atom stereocenters. The molecule has 2 aromatic heterocycles. The number of carbonyl (C=O) groups excluding carboxylic acids is 1. The first-order valence-corrected chi connectivity index (χ1v) is 7.68. The zero-order valence-corrected chi connectivity index (χ0v) is 13.4. The largest absolute Gasteiger partial charge is 0.359 e. The Morgan fingerprint density at radius 3 is 2.87 bits per heavy atom. The smallest absolute Gasteiger partial charge is 0.313 e. The lowest BCUT2D eigenvalue weighted by molar-refractivity contribution is -0.793. The van der Waals surface area contributed by atoms with Crippen LogP contribution in [0.15, 0.2) is 29.2 Å². The minimum absolute atomic E-state index is 0.0316. The van der Waals surface area contributed by atoms with Crippen molar-refractivity contribution in [2.75, 3.05) is 26.2 Å². The zero-order valence-electron chi connectivity index (χ0n) is 13.4. The van der Waals surface area contributed by atoms with Crippen LogP contribution in [0.1, 0.15) is 30.8 Å². The second-order valence-electron chi connectivity index (χ2n) is 5.01. The van der Waals surface area contributed by atoms with E-state index in [0.717, 1.165) is 26.1 Å². The Morgan fingerprint density at radius 2 is 2.22 bits per heavy atom. The number of carbonyl (C=O) groups is 1. The van der Waals surface area contributed by atoms with Crippen LogP contribution in [-0.4, -0.2) is 47.1 Å². The van der Waals surface area contributed by atoms with E-state index < -0.39 is 5.91 Å². The van der Waals surface area contributed by atoms with E-state index in [9.17, 15) is 10.0 Å². The summed E-state index contributed by atoms with van der Waals surface area (Å²) in [7, 11) is 0. The summed E-state index contributed by atoms with van der Waals surface area (Å²) in [6, 6.07) is 3.35. The number of nitrogens with one attached hydrogen (secondary N) is 1. The van der Waals surface area contributed by atoms with Gasteiger partial charge in [0, 0.05) is 24.5 Å². The van der Waals surface area contributed by atoms with E-state index in [4.69, 9.17) is 0 Å². The summed E-state index contributed by atoms with van der Waals surface area (Å²) in [5, 5.41) is 18.0. The summed E-state index contributed by atoms with van der Waals surface area (Å²) in [4.78, 5) is 18.6. The van der Waals surface area contributed by atoms with Crippen LogP contribution in [0, 0.1) is 5.21 Å². The van der Waals surface area contributed by atoms with Gasteiger partial charge in [0.25, 0.3) is 0 Å². The number of pyridine rings is 1. The molecule has 0 aliphatic heterocycles. The van der Waals surface area contributed by atoms with Crippen LogP contribution in [0.2, 0.25) is 0 Å². The van der Waals surface area contributed by atoms with Gasteiger partial charge in [-0.3, -0.25) is 14.4 Å². The van der Waals surface area contributed by atoms with Crippen LogP contribution >= 0.6 is 0 Å². The molecule has 1 amide bonds. The molecular weight excluding hydrogens is 298 g/mol. The number of rotatable bonds is 8. The molecule has 0 unspecified atom stereocenters. The van der Waals surface area contributed by atoms with Gasteiger partial charge in [0.1, 0.15) is 0 Å². The fraction of sp³-hybridized carbons (Fsp3) is 0.467. The average molecular weight is 319 g/mol. The standard InChI is InChI=1S/C15H21N5O3/c1-3-19(4-2)10-6-9-17-15(21)13-14(20(22)23-18-13)12-7-5-8-16-11-12/h5,7-8,11H,3-4,6,9-10H2,1-2H3,(H,17,21). The Kier molecular flexibility index (Phi) is 6.04. The van der Waals surface area contributed by atoms with Crippen molar-refractivity contribution in [1.82, 2.24) is 20.4 Å². The molecule has 0 aliphatic rings. The summed E-state index contributed by atoms with van der Waals surface area (Å²) in [5.74, 6) is -0.429. The molecule has 0 saturated heterocycles. The van der Waals surface area contributed by atoms with E-state index in [-0.39, 0.29) is 16.3 Å². The molecule has 124 valence electrons. The fourth-order valence-corrected chi connectivity index (χ4v) is 2.27. The van der Waals surface area contributed by atoms with Crippen molar-refractivity contribution in [2.45, 2.75) is 20.3 Å². The molecular formula is C15H21N5O3. The molecule has 8 nitrogen and oxygen atoms in total. The van der Waals surface area contributed by atoms with Gasteiger partial charge >= 0.3 is 11.6 Å². The first kappa shape index (κ1) is 16.9. The lowest BCUT2D eigenvalue weighted by atomic mass is 10.1. The highest BCUT2D eigenvalue weighted by Crippen LogP contribution is 2.17. The van der Waals surface area contributed by atoms with Gasteiger partial charge in [-0.25, -0.2) is 0 Å². The molecule has 2 heterocycles. The van der Waals surface area contributed by atoms with E-state index in [1.54, 1.807) is 18.3 Å². The molecule has 0 bridgehead atoms. The highest BCUT2D eigenvalue weighted by Gasteiger charge is 2.27. The van der Waals surface area contributed by atoms with Gasteiger partial charge in [-0.1, -0.05) is 13.8 Å². The number of aromatic nitrogens is 3. The quantitative estimate of drug-likeness (QED) is 0.572. The lowest BCUT2D eigenvalue weighted by Crippen LogP contribution is -2.31. The van der Waals surface area contributed by atoms with Crippen molar-refractivity contribution in [1.29, 1.82) is 0 Å². The van der Waals surface area contributed by atoms with Crippen LogP contribution in [0.3, 0.4) is 0 Å². The fourth-order valence-electron chi connectivity index (χ4n) is 2.27. The minimum Gasteiger partial charge on any atom is -0.359 e. The topological polar surface area (TPSA) is 98.2 Å². The summed E-state index contributed by atoms with van der Waals surface area (Å²) >= 11 is 0. The molecule has 2 rings (SSSR count). The monoisotopic (exact) mass is 319 g/mol. The van der Waals surface area contributed by atoms with Gasteiger partial charge in [-0.2, -0.15) is 0 Å². The van der Waals surface area contributed by atoms with Crippen LogP contribution in [-0.2, 0) is 0 Å². The molecule has 0 fully saturated rings. The summed E-state index contributed by atoms with van der Waals surface area (Å²) in [6.45, 7) is 7.58. The number of nitrogens with zero attached hydrogens (tertiary/aromatic N) is 4. The van der Waals surface area contributed by atoms with Gasteiger partial charge in [0.15, 0.2) is 0 Å². The summed E-state index contributed by atoms with van der Waals surface area (Å²) in [6.07, 6.45) is 3.89. The van der Waals surface area contributed by atoms with Crippen molar-refractivity contribution in [3.05, 3.63) is 35.4 Å². The van der Waals surface area contributed by atoms with Crippen LogP contribution in [0.4, 0.5) is 0 Å². The van der Waals surface area contributed by atoms with E-state index >= 15 is 0 Å². The average Bonchev–Trinajstić information content (AvgIpc) is 2.97. The lowest BCUT2D eigenvalue weighted by Gasteiger charge is -2.17. The third-order valence-electron chi connectivity index (χ3n) is 3.59. The van der Waals surface area contributed by atoms with Crippen molar-refractivity contribution in [3.8, 4) is 11.3 Å². The number of hydrogen-bond acceptors (Lipinski definition) is 6. The van der Waals surface area contributed by atoms with Crippen molar-refractivity contribution < 1.29 is 14.3 Å². The normalized spacial score (nSPS) is 10.9. The second kappa shape index (κ2) is 8.23. The van der Waals surface area contributed by atoms with Gasteiger partial charge in [0.05, 0.1) is 5.16 Å². The maximum Gasteiger partial charge on any atom is 0.313 e. The van der Waals surface area contributed by atoms with Crippen LogP contribution < -0.4 is 10.2 Å². The number of hydrogen-bond donors (Lipinski definition) is 1. The predicted molar refractivity (Wildman–Crippen MR) is 83.4 cm³/mol. The molecule has 8 heteroatoms. The number of amides is 1. The van der Waals surface area contributed by atoms with Gasteiger partial charge in [0.2, 0.25) is 5.69 Å². The van der Waals surface area contributed by atoms with Crippen LogP contribution in [0.5, 0.6) is 0 Å². The first-order valence-electron chi connectivity index (χ1n) is 7.68. The Labute approximate surface area is 134 Å². The Morgan fingerprint density at radius 1 is 1.43 bits per heavy atom. The van der Waals surface area contributed by atoms with Crippen LogP contribution in [0.25, 0.3) is 11.3 Å². The highest BCUT2D eigenvalue weighted by molar-refractivity contribution is 5.96. The Balaban J connectivity index is 1.98. The third-order valence-corrected chi connectivity index (χ3v) is 3.59. The maximum absolute atomic E-state index is 12.2. The van der Waals surface area contributed by atoms with Gasteiger partial charge in [-0.15, -0.1) is 0 Å². The van der Waals surface area contributed by atoms with Gasteiger partial charge < -0.3 is 15.4 Å². The highest BCUT2D eigenvalue weighted by atomic mass is 16.8. The van der Waals surface area contributed by atoms with E-state index in [2.05, 4.69) is 38.8 Å². The Hall–Kier alpha value is -2.48. The van der Waals surface area contributed by atoms with Gasteiger partial charge in [-0.05, 0) is 43.1 Å². The molecule has 1 N–H and O–H groups in total. The van der Waals surface area contributed by atoms with E-state index in [1.165, 1.54) is 6.20 Å². The van der Waals surface area contributed by atoms with Crippen molar-refractivity contribution >= 4 is 5.91 Å². The zero-order chi connectivity index (χ0) is 16.7. The molecule has 23 heavy (non-hydrogen) atoms. The summed E-state index contributed by atoms with van der Waals surface area (Å²) in [5.41, 5.74) is 0.521. The maximum atomic E-state index is 12.2. The van der Waals surface area contributed by atoms with Crippen molar-refractivity contribution in [2.24, 2.45) is 0 Å². The first-order chi connectivity index (χ1) is 11.2. The van der Waals surface area contributed by atoms with Crippen molar-refractivity contribution in [3.63, 3.8) is 0 Å². The molecule has 0 aliphatic carbocycles. The third kappa shape index (κ3) is 4.26. The molecule has 0 aromatic carbocycles.